The minimum atomic E-state index is -0.785. The highest BCUT2D eigenvalue weighted by Gasteiger charge is 2.09. The molecule has 0 spiro atoms. The molecule has 2 rings (SSSR count). The summed E-state index contributed by atoms with van der Waals surface area (Å²) in [6, 6.07) is 5.86. The number of hydrogen-bond acceptors (Lipinski definition) is 3. The minimum absolute atomic E-state index is 0.132. The molecule has 0 unspecified atom stereocenters. The molecule has 0 amide bonds. The van der Waals surface area contributed by atoms with Crippen LogP contribution in [-0.2, 0) is 11.2 Å². The molecule has 2 aromatic rings. The predicted octanol–water partition coefficient (Wildman–Crippen LogP) is 2.88. The van der Waals surface area contributed by atoms with Gasteiger partial charge in [0.05, 0.1) is 12.6 Å². The van der Waals surface area contributed by atoms with E-state index >= 15 is 0 Å². The lowest BCUT2D eigenvalue weighted by molar-refractivity contribution is -0.136. The summed E-state index contributed by atoms with van der Waals surface area (Å²) in [4.78, 5) is 15.2. The summed E-state index contributed by atoms with van der Waals surface area (Å²) in [5.74, 6) is -0.00507. The van der Waals surface area contributed by atoms with E-state index in [0.717, 1.165) is 33.5 Å². The van der Waals surface area contributed by atoms with Gasteiger partial charge in [0.15, 0.2) is 0 Å². The van der Waals surface area contributed by atoms with Crippen LogP contribution >= 0.6 is 0 Å². The number of carbonyl (C=O) groups is 1. The lowest BCUT2D eigenvalue weighted by atomic mass is 10.0. The standard InChI is InChI=1S/C15H17NO3/c1-9-6-11(4-5-14(17)18)8-12-13(19-3)7-10(2)16-15(9)12/h6-8H,4-5H2,1-3H3,(H,17,18). The third-order valence-electron chi connectivity index (χ3n) is 3.10. The van der Waals surface area contributed by atoms with Gasteiger partial charge >= 0.3 is 5.97 Å². The average molecular weight is 259 g/mol. The fourth-order valence-corrected chi connectivity index (χ4v) is 2.23. The molecule has 0 saturated carbocycles. The van der Waals surface area contributed by atoms with E-state index in [9.17, 15) is 4.79 Å². The van der Waals surface area contributed by atoms with Crippen LogP contribution in [0, 0.1) is 13.8 Å². The van der Waals surface area contributed by atoms with Crippen molar-refractivity contribution in [2.24, 2.45) is 0 Å². The van der Waals surface area contributed by atoms with Gasteiger partial charge in [-0.2, -0.15) is 0 Å². The van der Waals surface area contributed by atoms with E-state index in [1.165, 1.54) is 0 Å². The highest BCUT2D eigenvalue weighted by Crippen LogP contribution is 2.29. The lowest BCUT2D eigenvalue weighted by Crippen LogP contribution is -1.99. The second kappa shape index (κ2) is 5.26. The maximum absolute atomic E-state index is 10.7. The van der Waals surface area contributed by atoms with E-state index in [2.05, 4.69) is 4.98 Å². The zero-order valence-corrected chi connectivity index (χ0v) is 11.4. The van der Waals surface area contributed by atoms with Crippen molar-refractivity contribution in [3.05, 3.63) is 35.0 Å². The van der Waals surface area contributed by atoms with E-state index in [0.29, 0.717) is 6.42 Å². The molecule has 1 heterocycles. The first-order valence-electron chi connectivity index (χ1n) is 6.18. The number of methoxy groups -OCH3 is 1. The second-order valence-corrected chi connectivity index (χ2v) is 4.67. The number of carboxylic acid groups (broad SMARTS) is 1. The smallest absolute Gasteiger partial charge is 0.303 e. The molecular formula is C15H17NO3. The maximum atomic E-state index is 10.7. The van der Waals surface area contributed by atoms with E-state index in [1.807, 2.05) is 32.0 Å². The Hall–Kier alpha value is -2.10. The van der Waals surface area contributed by atoms with Gasteiger partial charge in [0.2, 0.25) is 0 Å². The first-order chi connectivity index (χ1) is 9.01. The van der Waals surface area contributed by atoms with Gasteiger partial charge in [-0.25, -0.2) is 0 Å². The number of nitrogens with zero attached hydrogens (tertiary/aromatic N) is 1. The van der Waals surface area contributed by atoms with Crippen molar-refractivity contribution in [2.45, 2.75) is 26.7 Å². The molecule has 4 nitrogen and oxygen atoms in total. The monoisotopic (exact) mass is 259 g/mol. The average Bonchev–Trinajstić information content (AvgIpc) is 2.36. The van der Waals surface area contributed by atoms with Crippen molar-refractivity contribution < 1.29 is 14.6 Å². The Balaban J connectivity index is 2.54. The van der Waals surface area contributed by atoms with Crippen LogP contribution in [0.5, 0.6) is 5.75 Å². The summed E-state index contributed by atoms with van der Waals surface area (Å²) in [5.41, 5.74) is 3.86. The van der Waals surface area contributed by atoms with E-state index < -0.39 is 5.97 Å². The summed E-state index contributed by atoms with van der Waals surface area (Å²) in [6.07, 6.45) is 0.649. The van der Waals surface area contributed by atoms with Gasteiger partial charge in [-0.3, -0.25) is 9.78 Å². The van der Waals surface area contributed by atoms with Crippen molar-refractivity contribution in [3.63, 3.8) is 0 Å². The summed E-state index contributed by atoms with van der Waals surface area (Å²) < 4.78 is 5.39. The van der Waals surface area contributed by atoms with Crippen LogP contribution in [-0.4, -0.2) is 23.2 Å². The summed E-state index contributed by atoms with van der Waals surface area (Å²) >= 11 is 0. The van der Waals surface area contributed by atoms with Crippen molar-refractivity contribution in [1.29, 1.82) is 0 Å². The number of pyridine rings is 1. The third kappa shape index (κ3) is 2.84. The van der Waals surface area contributed by atoms with Gasteiger partial charge < -0.3 is 9.84 Å². The van der Waals surface area contributed by atoms with Crippen molar-refractivity contribution in [3.8, 4) is 5.75 Å². The molecule has 19 heavy (non-hydrogen) atoms. The molecule has 100 valence electrons. The van der Waals surface area contributed by atoms with Crippen LogP contribution in [0.2, 0.25) is 0 Å². The van der Waals surface area contributed by atoms with E-state index in [-0.39, 0.29) is 6.42 Å². The zero-order valence-electron chi connectivity index (χ0n) is 11.4. The van der Waals surface area contributed by atoms with Gasteiger partial charge in [-0.1, -0.05) is 6.07 Å². The number of aryl methyl sites for hydroxylation is 3. The van der Waals surface area contributed by atoms with Crippen LogP contribution < -0.4 is 4.74 Å². The normalized spacial score (nSPS) is 10.7. The fraction of sp³-hybridized carbons (Fsp3) is 0.333. The molecule has 0 aliphatic heterocycles. The highest BCUT2D eigenvalue weighted by atomic mass is 16.5. The van der Waals surface area contributed by atoms with E-state index in [1.54, 1.807) is 7.11 Å². The Bertz CT molecular complexity index is 635. The number of rotatable bonds is 4. The molecule has 0 radical (unpaired) electrons. The van der Waals surface area contributed by atoms with Gasteiger partial charge in [0.1, 0.15) is 5.75 Å². The Kier molecular flexibility index (Phi) is 3.69. The minimum Gasteiger partial charge on any atom is -0.496 e. The Morgan fingerprint density at radius 2 is 2.05 bits per heavy atom. The Morgan fingerprint density at radius 1 is 1.32 bits per heavy atom. The number of carboxylic acids is 1. The quantitative estimate of drug-likeness (QED) is 0.917. The van der Waals surface area contributed by atoms with Crippen molar-refractivity contribution in [2.75, 3.05) is 7.11 Å². The highest BCUT2D eigenvalue weighted by molar-refractivity contribution is 5.88. The van der Waals surface area contributed by atoms with Crippen LogP contribution in [0.4, 0.5) is 0 Å². The number of fused-ring (bicyclic) bond motifs is 1. The molecule has 0 aliphatic carbocycles. The number of hydrogen-bond donors (Lipinski definition) is 1. The van der Waals surface area contributed by atoms with Gasteiger partial charge in [0.25, 0.3) is 0 Å². The Morgan fingerprint density at radius 3 is 2.68 bits per heavy atom. The van der Waals surface area contributed by atoms with E-state index in [4.69, 9.17) is 9.84 Å². The second-order valence-electron chi connectivity index (χ2n) is 4.67. The summed E-state index contributed by atoms with van der Waals surface area (Å²) in [5, 5.41) is 9.70. The van der Waals surface area contributed by atoms with Gasteiger partial charge in [-0.05, 0) is 37.5 Å². The first kappa shape index (κ1) is 13.3. The molecule has 0 atom stereocenters. The molecule has 0 fully saturated rings. The molecular weight excluding hydrogens is 242 g/mol. The molecule has 1 aromatic carbocycles. The largest absolute Gasteiger partial charge is 0.496 e. The fourth-order valence-electron chi connectivity index (χ4n) is 2.23. The summed E-state index contributed by atoms with van der Waals surface area (Å²) in [7, 11) is 1.63. The number of aromatic nitrogens is 1. The Labute approximate surface area is 112 Å². The number of ether oxygens (including phenoxy) is 1. The van der Waals surface area contributed by atoms with Gasteiger partial charge in [-0.15, -0.1) is 0 Å². The first-order valence-corrected chi connectivity index (χ1v) is 6.18. The summed E-state index contributed by atoms with van der Waals surface area (Å²) in [6.45, 7) is 3.91. The topological polar surface area (TPSA) is 59.4 Å². The van der Waals surface area contributed by atoms with Gasteiger partial charge in [0, 0.05) is 23.6 Å². The molecule has 4 heteroatoms. The molecule has 0 bridgehead atoms. The molecule has 0 saturated heterocycles. The van der Waals surface area contributed by atoms with Crippen LogP contribution in [0.3, 0.4) is 0 Å². The van der Waals surface area contributed by atoms with Crippen molar-refractivity contribution in [1.82, 2.24) is 4.98 Å². The predicted molar refractivity (Wildman–Crippen MR) is 73.7 cm³/mol. The van der Waals surface area contributed by atoms with Crippen LogP contribution in [0.1, 0.15) is 23.2 Å². The zero-order chi connectivity index (χ0) is 14.0. The molecule has 1 N–H and O–H groups in total. The van der Waals surface area contributed by atoms with Crippen LogP contribution in [0.25, 0.3) is 10.9 Å². The molecule has 0 aliphatic rings. The maximum Gasteiger partial charge on any atom is 0.303 e. The SMILES string of the molecule is COc1cc(C)nc2c(C)cc(CCC(=O)O)cc12. The molecule has 1 aromatic heterocycles. The van der Waals surface area contributed by atoms with Crippen LogP contribution in [0.15, 0.2) is 18.2 Å². The number of aliphatic carboxylic acids is 1. The number of benzene rings is 1. The third-order valence-corrected chi connectivity index (χ3v) is 3.10. The van der Waals surface area contributed by atoms with Crippen molar-refractivity contribution >= 4 is 16.9 Å². The lowest BCUT2D eigenvalue weighted by Gasteiger charge is -2.11.